The second-order valence-electron chi connectivity index (χ2n) is 3.62. The van der Waals surface area contributed by atoms with Crippen LogP contribution in [0.15, 0.2) is 22.8 Å². The molecule has 86 valence electrons. The van der Waals surface area contributed by atoms with Gasteiger partial charge in [-0.3, -0.25) is 0 Å². The molecule has 0 saturated heterocycles. The maximum absolute atomic E-state index is 9.70. The van der Waals surface area contributed by atoms with Crippen molar-refractivity contribution in [3.63, 3.8) is 0 Å². The molecule has 0 bridgehead atoms. The van der Waals surface area contributed by atoms with E-state index in [1.54, 1.807) is 25.5 Å². The van der Waals surface area contributed by atoms with Gasteiger partial charge in [0.15, 0.2) is 0 Å². The van der Waals surface area contributed by atoms with Crippen LogP contribution in [0.4, 0.5) is 0 Å². The van der Waals surface area contributed by atoms with Gasteiger partial charge in [-0.15, -0.1) is 0 Å². The highest BCUT2D eigenvalue weighted by Crippen LogP contribution is 2.11. The average Bonchev–Trinajstić information content (AvgIpc) is 2.76. The molecule has 0 fully saturated rings. The Morgan fingerprint density at radius 3 is 3.00 bits per heavy atom. The molecule has 4 heteroatoms. The van der Waals surface area contributed by atoms with Crippen LogP contribution in [0.3, 0.4) is 0 Å². The number of ether oxygens (including phenoxy) is 1. The van der Waals surface area contributed by atoms with Gasteiger partial charge >= 0.3 is 0 Å². The topological polar surface area (TPSA) is 54.6 Å². The zero-order valence-electron chi connectivity index (χ0n) is 9.27. The fourth-order valence-corrected chi connectivity index (χ4v) is 1.29. The lowest BCUT2D eigenvalue weighted by Crippen LogP contribution is -2.31. The van der Waals surface area contributed by atoms with Crippen LogP contribution in [-0.2, 0) is 4.74 Å². The molecule has 1 aromatic rings. The largest absolute Gasteiger partial charge is 0.467 e. The zero-order chi connectivity index (χ0) is 11.1. The van der Waals surface area contributed by atoms with E-state index in [0.717, 1.165) is 13.0 Å². The molecule has 0 aliphatic heterocycles. The van der Waals surface area contributed by atoms with Crippen LogP contribution in [0.2, 0.25) is 0 Å². The molecule has 0 radical (unpaired) electrons. The second kappa shape index (κ2) is 6.61. The first kappa shape index (κ1) is 12.2. The Kier molecular flexibility index (Phi) is 5.39. The van der Waals surface area contributed by atoms with E-state index in [1.807, 2.05) is 0 Å². The Labute approximate surface area is 90.2 Å². The average molecular weight is 213 g/mol. The minimum atomic E-state index is -0.579. The summed E-state index contributed by atoms with van der Waals surface area (Å²) in [6.45, 7) is 3.29. The summed E-state index contributed by atoms with van der Waals surface area (Å²) in [6, 6.07) is 3.87. The summed E-state index contributed by atoms with van der Waals surface area (Å²) in [6.07, 6.45) is 1.92. The van der Waals surface area contributed by atoms with E-state index in [0.29, 0.717) is 18.3 Å². The monoisotopic (exact) mass is 213 g/mol. The number of hydrogen-bond acceptors (Lipinski definition) is 4. The Morgan fingerprint density at radius 2 is 2.40 bits per heavy atom. The van der Waals surface area contributed by atoms with Crippen LogP contribution < -0.4 is 5.32 Å². The Balaban J connectivity index is 2.19. The highest BCUT2D eigenvalue weighted by molar-refractivity contribution is 5.02. The van der Waals surface area contributed by atoms with E-state index >= 15 is 0 Å². The van der Waals surface area contributed by atoms with Gasteiger partial charge in [0.05, 0.1) is 6.26 Å². The third kappa shape index (κ3) is 4.46. The van der Waals surface area contributed by atoms with Crippen molar-refractivity contribution in [2.24, 2.45) is 0 Å². The lowest BCUT2D eigenvalue weighted by molar-refractivity contribution is 0.138. The third-order valence-electron chi connectivity index (χ3n) is 2.29. The van der Waals surface area contributed by atoms with Crippen molar-refractivity contribution < 1.29 is 14.3 Å². The molecule has 0 aromatic carbocycles. The highest BCUT2D eigenvalue weighted by Gasteiger charge is 2.11. The van der Waals surface area contributed by atoms with Crippen molar-refractivity contribution in [3.8, 4) is 0 Å². The molecule has 2 atom stereocenters. The second-order valence-corrected chi connectivity index (χ2v) is 3.62. The van der Waals surface area contributed by atoms with Gasteiger partial charge < -0.3 is 19.6 Å². The molecule has 1 rings (SSSR count). The predicted molar refractivity (Wildman–Crippen MR) is 57.6 cm³/mol. The molecule has 0 spiro atoms. The molecule has 1 heterocycles. The summed E-state index contributed by atoms with van der Waals surface area (Å²) in [4.78, 5) is 0. The molecule has 4 nitrogen and oxygen atoms in total. The number of aliphatic hydroxyl groups is 1. The van der Waals surface area contributed by atoms with E-state index in [4.69, 9.17) is 9.15 Å². The van der Waals surface area contributed by atoms with Gasteiger partial charge in [0.1, 0.15) is 11.9 Å². The molecule has 0 saturated carbocycles. The summed E-state index contributed by atoms with van der Waals surface area (Å²) >= 11 is 0. The molecule has 0 aliphatic rings. The van der Waals surface area contributed by atoms with Crippen LogP contribution in [0.1, 0.15) is 25.2 Å². The minimum Gasteiger partial charge on any atom is -0.467 e. The number of hydrogen-bond donors (Lipinski definition) is 2. The first-order chi connectivity index (χ1) is 7.24. The molecule has 15 heavy (non-hydrogen) atoms. The van der Waals surface area contributed by atoms with Crippen LogP contribution in [0.5, 0.6) is 0 Å². The predicted octanol–water partition coefficient (Wildman–Crippen LogP) is 1.33. The van der Waals surface area contributed by atoms with Gasteiger partial charge in [-0.25, -0.2) is 0 Å². The molecule has 0 aliphatic carbocycles. The lowest BCUT2D eigenvalue weighted by atomic mass is 10.2. The number of aliphatic hydroxyl groups excluding tert-OH is 1. The number of methoxy groups -OCH3 is 1. The van der Waals surface area contributed by atoms with Crippen LogP contribution in [0, 0.1) is 0 Å². The van der Waals surface area contributed by atoms with Crippen LogP contribution in [-0.4, -0.2) is 31.4 Å². The Hall–Kier alpha value is -0.840. The van der Waals surface area contributed by atoms with Gasteiger partial charge in [0.25, 0.3) is 0 Å². The van der Waals surface area contributed by atoms with E-state index < -0.39 is 6.10 Å². The van der Waals surface area contributed by atoms with Crippen LogP contribution in [0.25, 0.3) is 0 Å². The smallest absolute Gasteiger partial charge is 0.133 e. The van der Waals surface area contributed by atoms with Crippen molar-refractivity contribution in [1.29, 1.82) is 0 Å². The SMILES string of the molecule is COCCC(C)NCC(O)c1ccco1. The molecular formula is C11H19NO3. The van der Waals surface area contributed by atoms with Crippen LogP contribution >= 0.6 is 0 Å². The maximum atomic E-state index is 9.70. The Bertz CT molecular complexity index is 248. The van der Waals surface area contributed by atoms with Crippen molar-refractivity contribution in [2.75, 3.05) is 20.3 Å². The number of rotatable bonds is 7. The minimum absolute atomic E-state index is 0.328. The van der Waals surface area contributed by atoms with Gasteiger partial charge in [-0.05, 0) is 25.5 Å². The molecule has 2 unspecified atom stereocenters. The summed E-state index contributed by atoms with van der Waals surface area (Å²) in [5, 5.41) is 12.9. The van der Waals surface area contributed by atoms with E-state index in [-0.39, 0.29) is 0 Å². The summed E-state index contributed by atoms with van der Waals surface area (Å²) in [5.41, 5.74) is 0. The number of nitrogens with one attached hydrogen (secondary N) is 1. The standard InChI is InChI=1S/C11H19NO3/c1-9(5-7-14-2)12-8-10(13)11-4-3-6-15-11/h3-4,6,9-10,12-13H,5,7-8H2,1-2H3. The van der Waals surface area contributed by atoms with E-state index in [2.05, 4.69) is 12.2 Å². The fourth-order valence-electron chi connectivity index (χ4n) is 1.29. The summed E-state index contributed by atoms with van der Waals surface area (Å²) in [7, 11) is 1.68. The first-order valence-corrected chi connectivity index (χ1v) is 5.18. The normalized spacial score (nSPS) is 15.1. The summed E-state index contributed by atoms with van der Waals surface area (Å²) < 4.78 is 10.1. The first-order valence-electron chi connectivity index (χ1n) is 5.18. The molecule has 0 amide bonds. The highest BCUT2D eigenvalue weighted by atomic mass is 16.5. The fraction of sp³-hybridized carbons (Fsp3) is 0.636. The van der Waals surface area contributed by atoms with E-state index in [9.17, 15) is 5.11 Å². The van der Waals surface area contributed by atoms with Crippen molar-refractivity contribution in [1.82, 2.24) is 5.32 Å². The Morgan fingerprint density at radius 1 is 1.60 bits per heavy atom. The van der Waals surface area contributed by atoms with Gasteiger partial charge in [-0.1, -0.05) is 0 Å². The van der Waals surface area contributed by atoms with Crippen molar-refractivity contribution in [2.45, 2.75) is 25.5 Å². The molecular weight excluding hydrogens is 194 g/mol. The molecule has 2 N–H and O–H groups in total. The van der Waals surface area contributed by atoms with Gasteiger partial charge in [0, 0.05) is 26.3 Å². The van der Waals surface area contributed by atoms with E-state index in [1.165, 1.54) is 0 Å². The van der Waals surface area contributed by atoms with Gasteiger partial charge in [-0.2, -0.15) is 0 Å². The van der Waals surface area contributed by atoms with Crippen molar-refractivity contribution in [3.05, 3.63) is 24.2 Å². The third-order valence-corrected chi connectivity index (χ3v) is 2.29. The number of furan rings is 1. The lowest BCUT2D eigenvalue weighted by Gasteiger charge is -2.15. The summed E-state index contributed by atoms with van der Waals surface area (Å²) in [5.74, 6) is 0.599. The molecule has 1 aromatic heterocycles. The zero-order valence-corrected chi connectivity index (χ0v) is 9.27. The maximum Gasteiger partial charge on any atom is 0.133 e. The quantitative estimate of drug-likeness (QED) is 0.717. The van der Waals surface area contributed by atoms with Crippen molar-refractivity contribution >= 4 is 0 Å². The van der Waals surface area contributed by atoms with Gasteiger partial charge in [0.2, 0.25) is 0 Å².